The highest BCUT2D eigenvalue weighted by atomic mass is 16.7. The Labute approximate surface area is 366 Å². The number of hydrogen-bond acceptors (Lipinski definition) is 16. The predicted octanol–water partition coefficient (Wildman–Crippen LogP) is 3.18. The molecule has 0 spiro atoms. The summed E-state index contributed by atoms with van der Waals surface area (Å²) in [6, 6.07) is -0.847. The van der Waals surface area contributed by atoms with Gasteiger partial charge in [-0.2, -0.15) is 0 Å². The summed E-state index contributed by atoms with van der Waals surface area (Å²) in [4.78, 5) is 33.6. The van der Waals surface area contributed by atoms with E-state index in [0.717, 1.165) is 13.1 Å². The second kappa shape index (κ2) is 22.6. The SMILES string of the molecule is CC[C@H]1OC(=O)[C@H](C)[C@@H](O[C@H]2C[C@@](C)(OC)[C@@H](OC(=O)CCN(CC)CC)[C@H](C)O2)[C@H](C)[C@@H](O[C@@H]2O[C@H](C)C[C@H](N(C)C)[C@H]2O)[C@](C)(O)C[C@@H](C)CN(C)[C@H](C)[C@@H](O)[C@]1(C)O. The van der Waals surface area contributed by atoms with Crippen LogP contribution in [0.25, 0.3) is 0 Å². The fraction of sp³-hybridized carbons (Fsp3) is 0.956. The van der Waals surface area contributed by atoms with Gasteiger partial charge in [0.15, 0.2) is 18.7 Å². The van der Waals surface area contributed by atoms with E-state index >= 15 is 0 Å². The fourth-order valence-corrected chi connectivity index (χ4v) is 9.93. The second-order valence-electron chi connectivity index (χ2n) is 19.4. The minimum Gasteiger partial charge on any atom is -0.459 e. The van der Waals surface area contributed by atoms with Gasteiger partial charge in [-0.15, -0.1) is 0 Å². The van der Waals surface area contributed by atoms with Gasteiger partial charge in [0.1, 0.15) is 29.5 Å². The van der Waals surface area contributed by atoms with Crippen LogP contribution in [-0.2, 0) is 42.7 Å². The summed E-state index contributed by atoms with van der Waals surface area (Å²) in [5, 5.41) is 47.8. The summed E-state index contributed by atoms with van der Waals surface area (Å²) in [7, 11) is 7.16. The number of aliphatic hydroxyl groups excluding tert-OH is 2. The highest BCUT2D eigenvalue weighted by Gasteiger charge is 2.53. The fourth-order valence-electron chi connectivity index (χ4n) is 9.93. The van der Waals surface area contributed by atoms with Crippen molar-refractivity contribution in [1.29, 1.82) is 0 Å². The molecule has 4 N–H and O–H groups in total. The Balaban J connectivity index is 2.13. The number of carbonyl (C=O) groups excluding carboxylic acids is 2. The Morgan fingerprint density at radius 3 is 2.11 bits per heavy atom. The van der Waals surface area contributed by atoms with Gasteiger partial charge in [-0.1, -0.05) is 34.6 Å². The summed E-state index contributed by atoms with van der Waals surface area (Å²) in [5.41, 5.74) is -4.47. The molecular weight excluding hydrogens is 791 g/mol. The van der Waals surface area contributed by atoms with Crippen LogP contribution in [0.15, 0.2) is 0 Å². The van der Waals surface area contributed by atoms with E-state index in [1.54, 1.807) is 41.7 Å². The number of methoxy groups -OCH3 is 1. The third-order valence-corrected chi connectivity index (χ3v) is 14.0. The van der Waals surface area contributed by atoms with Gasteiger partial charge in [0.2, 0.25) is 0 Å². The molecule has 358 valence electrons. The van der Waals surface area contributed by atoms with Crippen molar-refractivity contribution in [3.8, 4) is 0 Å². The average molecular weight is 876 g/mol. The van der Waals surface area contributed by atoms with Crippen molar-refractivity contribution in [3.05, 3.63) is 0 Å². The molecule has 3 fully saturated rings. The standard InChI is InChI=1S/C45H85N3O13/c1-17-33-45(12,54)38(51)30(8)47(15)25-26(4)23-43(10,53)39(61-42-36(50)32(46(13)14)22-27(5)56-42)28(6)37(29(7)41(52)58-33)60-35-24-44(11,55-16)40(31(9)57-35)59-34(49)20-21-48(18-2)19-3/h26-33,35-40,42,50-51,53-54H,17-25H2,1-16H3/t26-,27-,28+,29-,30-,31+,32+,33-,35+,36-,37+,38-,39-,40+,42+,43-,44-,45-/m1/s1. The molecule has 61 heavy (non-hydrogen) atoms. The minimum atomic E-state index is -1.82. The van der Waals surface area contributed by atoms with Gasteiger partial charge in [0.05, 0.1) is 42.4 Å². The van der Waals surface area contributed by atoms with Crippen LogP contribution in [0.5, 0.6) is 0 Å². The Morgan fingerprint density at radius 2 is 1.56 bits per heavy atom. The zero-order valence-corrected chi connectivity index (χ0v) is 40.3. The van der Waals surface area contributed by atoms with E-state index in [1.165, 1.54) is 6.92 Å². The van der Waals surface area contributed by atoms with Gasteiger partial charge >= 0.3 is 11.9 Å². The molecule has 0 amide bonds. The molecule has 16 heteroatoms. The lowest BCUT2D eigenvalue weighted by Gasteiger charge is -2.49. The molecule has 3 saturated heterocycles. The molecule has 0 unspecified atom stereocenters. The van der Waals surface area contributed by atoms with Crippen LogP contribution in [-0.4, -0.2) is 192 Å². The first-order valence-electron chi connectivity index (χ1n) is 22.7. The molecule has 3 aliphatic rings. The first-order valence-corrected chi connectivity index (χ1v) is 22.7. The molecule has 18 atom stereocenters. The Hall–Kier alpha value is -1.54. The third kappa shape index (κ3) is 13.3. The minimum absolute atomic E-state index is 0.112. The van der Waals surface area contributed by atoms with Gasteiger partial charge in [-0.25, -0.2) is 0 Å². The number of likely N-dealkylation sites (N-methyl/N-ethyl adjacent to an activating group) is 2. The van der Waals surface area contributed by atoms with Crippen molar-refractivity contribution in [2.24, 2.45) is 17.8 Å². The van der Waals surface area contributed by atoms with Crippen LogP contribution in [0.3, 0.4) is 0 Å². The van der Waals surface area contributed by atoms with Crippen molar-refractivity contribution in [2.45, 2.75) is 205 Å². The van der Waals surface area contributed by atoms with Gasteiger partial charge < -0.3 is 68.3 Å². The maximum atomic E-state index is 14.5. The maximum absolute atomic E-state index is 14.5. The van der Waals surface area contributed by atoms with Crippen LogP contribution in [0.2, 0.25) is 0 Å². The summed E-state index contributed by atoms with van der Waals surface area (Å²) < 4.78 is 44.6. The summed E-state index contributed by atoms with van der Waals surface area (Å²) in [6.07, 6.45) is -8.15. The maximum Gasteiger partial charge on any atom is 0.311 e. The largest absolute Gasteiger partial charge is 0.459 e. The number of esters is 2. The Kier molecular flexibility index (Phi) is 19.9. The zero-order chi connectivity index (χ0) is 46.4. The monoisotopic (exact) mass is 876 g/mol. The molecule has 0 saturated carbocycles. The Morgan fingerprint density at radius 1 is 0.934 bits per heavy atom. The molecule has 3 rings (SSSR count). The Bertz CT molecular complexity index is 1370. The van der Waals surface area contributed by atoms with Gasteiger partial charge in [0, 0.05) is 44.6 Å². The molecule has 0 aliphatic carbocycles. The van der Waals surface area contributed by atoms with Crippen molar-refractivity contribution in [3.63, 3.8) is 0 Å². The van der Waals surface area contributed by atoms with Crippen molar-refractivity contribution < 1.29 is 63.2 Å². The smallest absolute Gasteiger partial charge is 0.311 e. The number of nitrogens with zero attached hydrogens (tertiary/aromatic N) is 3. The first-order chi connectivity index (χ1) is 28.3. The average Bonchev–Trinajstić information content (AvgIpc) is 3.18. The molecular formula is C45H85N3O13. The van der Waals surface area contributed by atoms with Gasteiger partial charge in [-0.3, -0.25) is 9.59 Å². The van der Waals surface area contributed by atoms with E-state index in [9.17, 15) is 30.0 Å². The first kappa shape index (κ1) is 53.8. The highest BCUT2D eigenvalue weighted by Crippen LogP contribution is 2.41. The number of carbonyl (C=O) groups is 2. The van der Waals surface area contributed by atoms with E-state index < -0.39 is 96.0 Å². The van der Waals surface area contributed by atoms with E-state index in [0.29, 0.717) is 19.5 Å². The molecule has 16 nitrogen and oxygen atoms in total. The van der Waals surface area contributed by atoms with E-state index in [1.807, 2.05) is 72.5 Å². The predicted molar refractivity (Wildman–Crippen MR) is 230 cm³/mol. The van der Waals surface area contributed by atoms with Gasteiger partial charge in [-0.05, 0) is 108 Å². The van der Waals surface area contributed by atoms with Crippen LogP contribution >= 0.6 is 0 Å². The number of cyclic esters (lactones) is 1. The van der Waals surface area contributed by atoms with Crippen molar-refractivity contribution in [2.75, 3.05) is 54.4 Å². The molecule has 3 aliphatic heterocycles. The van der Waals surface area contributed by atoms with E-state index in [2.05, 4.69) is 4.90 Å². The molecule has 0 radical (unpaired) electrons. The third-order valence-electron chi connectivity index (χ3n) is 14.0. The van der Waals surface area contributed by atoms with Crippen LogP contribution < -0.4 is 0 Å². The lowest BCUT2D eigenvalue weighted by atomic mass is 9.77. The van der Waals surface area contributed by atoms with Crippen molar-refractivity contribution in [1.82, 2.24) is 14.7 Å². The van der Waals surface area contributed by atoms with Gasteiger partial charge in [0.25, 0.3) is 0 Å². The number of ether oxygens (including phenoxy) is 7. The quantitative estimate of drug-likeness (QED) is 0.197. The van der Waals surface area contributed by atoms with E-state index in [-0.39, 0.29) is 49.7 Å². The number of aliphatic hydroxyl groups is 4. The molecule has 0 aromatic rings. The van der Waals surface area contributed by atoms with Crippen molar-refractivity contribution >= 4 is 11.9 Å². The summed E-state index contributed by atoms with van der Waals surface area (Å²) in [5.74, 6) is -3.07. The van der Waals surface area contributed by atoms with Crippen LogP contribution in [0.4, 0.5) is 0 Å². The molecule has 0 aromatic carbocycles. The van der Waals surface area contributed by atoms with Crippen LogP contribution in [0.1, 0.15) is 115 Å². The normalized spacial score (nSPS) is 44.0. The lowest BCUT2D eigenvalue weighted by Crippen LogP contribution is -2.61. The topological polar surface area (TPSA) is 189 Å². The van der Waals surface area contributed by atoms with Crippen LogP contribution in [0, 0.1) is 17.8 Å². The summed E-state index contributed by atoms with van der Waals surface area (Å²) in [6.45, 7) is 24.5. The second-order valence-corrected chi connectivity index (χ2v) is 19.4. The summed E-state index contributed by atoms with van der Waals surface area (Å²) >= 11 is 0. The highest BCUT2D eigenvalue weighted by molar-refractivity contribution is 5.73. The number of rotatable bonds is 13. The zero-order valence-electron chi connectivity index (χ0n) is 40.3. The van der Waals surface area contributed by atoms with E-state index in [4.69, 9.17) is 33.2 Å². The molecule has 3 heterocycles. The number of hydrogen-bond donors (Lipinski definition) is 4. The molecule has 0 bridgehead atoms. The molecule has 0 aromatic heterocycles. The lowest BCUT2D eigenvalue weighted by molar-refractivity contribution is -0.318.